The Morgan fingerprint density at radius 1 is 1.30 bits per heavy atom. The molecule has 0 saturated heterocycles. The third-order valence-corrected chi connectivity index (χ3v) is 5.23. The number of benzene rings is 1. The van der Waals surface area contributed by atoms with E-state index in [9.17, 15) is 14.4 Å². The highest BCUT2D eigenvalue weighted by Gasteiger charge is 2.38. The van der Waals surface area contributed by atoms with Gasteiger partial charge in [0, 0.05) is 37.1 Å². The van der Waals surface area contributed by atoms with Crippen molar-refractivity contribution >= 4 is 35.2 Å². The first kappa shape index (κ1) is 21.3. The zero-order valence-electron chi connectivity index (χ0n) is 17.7. The number of nitrogens with one attached hydrogen (secondary N) is 2. The van der Waals surface area contributed by atoms with E-state index >= 15 is 0 Å². The summed E-state index contributed by atoms with van der Waals surface area (Å²) in [5.74, 6) is -0.756. The maximum Gasteiger partial charge on any atom is 0.329 e. The fourth-order valence-corrected chi connectivity index (χ4v) is 3.48. The number of nitrogens with zero attached hydrogens (tertiary/aromatic N) is 2. The standard InChI is InChI=1S/C22H27N5O3/c1-5-26(4)21(29)18(12-23)25-22(30)27-19-9-7-6-8-15(19)16(20(27)28)11-17-13(2)10-14(3)24-17/h6-11,18,24H,5,12,23H2,1-4H3,(H,25,30)/b16-11-. The van der Waals surface area contributed by atoms with Gasteiger partial charge in [0.15, 0.2) is 0 Å². The monoisotopic (exact) mass is 409 g/mol. The molecule has 0 bridgehead atoms. The van der Waals surface area contributed by atoms with Crippen LogP contribution in [0.15, 0.2) is 30.3 Å². The van der Waals surface area contributed by atoms with Gasteiger partial charge in [-0.15, -0.1) is 0 Å². The SMILES string of the molecule is CCN(C)C(=O)C(CN)NC(=O)N1C(=O)/C(=C\c2[nH]c(C)cc2C)c2ccccc21. The predicted octanol–water partition coefficient (Wildman–Crippen LogP) is 2.03. The Labute approximate surface area is 175 Å². The Morgan fingerprint density at radius 2 is 2.00 bits per heavy atom. The van der Waals surface area contributed by atoms with E-state index in [0.717, 1.165) is 21.9 Å². The van der Waals surface area contributed by atoms with Crippen molar-refractivity contribution in [3.8, 4) is 0 Å². The van der Waals surface area contributed by atoms with E-state index in [-0.39, 0.29) is 12.5 Å². The van der Waals surface area contributed by atoms with Gasteiger partial charge in [-0.25, -0.2) is 9.69 Å². The van der Waals surface area contributed by atoms with Crippen molar-refractivity contribution in [2.24, 2.45) is 5.73 Å². The number of aromatic amines is 1. The minimum Gasteiger partial charge on any atom is -0.359 e. The molecule has 1 aliphatic heterocycles. The number of fused-ring (bicyclic) bond motifs is 1. The van der Waals surface area contributed by atoms with Gasteiger partial charge < -0.3 is 20.9 Å². The second-order valence-electron chi connectivity index (χ2n) is 7.35. The number of aryl methyl sites for hydroxylation is 2. The smallest absolute Gasteiger partial charge is 0.329 e. The summed E-state index contributed by atoms with van der Waals surface area (Å²) < 4.78 is 0. The Bertz CT molecular complexity index is 1020. The Hall–Kier alpha value is -3.39. The van der Waals surface area contributed by atoms with Crippen LogP contribution in [0.25, 0.3) is 11.6 Å². The molecular formula is C22H27N5O3. The summed E-state index contributed by atoms with van der Waals surface area (Å²) in [5, 5.41) is 2.61. The van der Waals surface area contributed by atoms with Gasteiger partial charge in [-0.1, -0.05) is 18.2 Å². The fourth-order valence-electron chi connectivity index (χ4n) is 3.48. The lowest BCUT2D eigenvalue weighted by Gasteiger charge is -2.24. The van der Waals surface area contributed by atoms with Crippen LogP contribution in [0.1, 0.15) is 29.4 Å². The van der Waals surface area contributed by atoms with Crippen molar-refractivity contribution in [3.05, 3.63) is 52.8 Å². The number of hydrogen-bond acceptors (Lipinski definition) is 4. The summed E-state index contributed by atoms with van der Waals surface area (Å²) in [6, 6.07) is 7.48. The third-order valence-electron chi connectivity index (χ3n) is 5.23. The topological polar surface area (TPSA) is 112 Å². The van der Waals surface area contributed by atoms with Crippen LogP contribution in [0.4, 0.5) is 10.5 Å². The molecule has 8 nitrogen and oxygen atoms in total. The number of para-hydroxylation sites is 1. The van der Waals surface area contributed by atoms with Crippen molar-refractivity contribution in [1.29, 1.82) is 0 Å². The van der Waals surface area contributed by atoms with Crippen LogP contribution in [0.2, 0.25) is 0 Å². The number of imide groups is 1. The number of urea groups is 1. The molecule has 2 heterocycles. The van der Waals surface area contributed by atoms with Crippen LogP contribution in [-0.4, -0.2) is 53.9 Å². The molecule has 30 heavy (non-hydrogen) atoms. The molecule has 1 aliphatic rings. The number of H-pyrrole nitrogens is 1. The molecule has 0 saturated carbocycles. The Morgan fingerprint density at radius 3 is 2.60 bits per heavy atom. The maximum absolute atomic E-state index is 13.2. The molecule has 0 fully saturated rings. The third kappa shape index (κ3) is 3.86. The minimum atomic E-state index is -0.913. The number of likely N-dealkylation sites (N-methyl/N-ethyl adjacent to an activating group) is 1. The number of aromatic nitrogens is 1. The molecule has 3 rings (SSSR count). The second kappa shape index (κ2) is 8.54. The average molecular weight is 409 g/mol. The van der Waals surface area contributed by atoms with Gasteiger partial charge in [-0.2, -0.15) is 0 Å². The van der Waals surface area contributed by atoms with E-state index in [2.05, 4.69) is 10.3 Å². The average Bonchev–Trinajstić information content (AvgIpc) is 3.20. The molecular weight excluding hydrogens is 382 g/mol. The van der Waals surface area contributed by atoms with Gasteiger partial charge >= 0.3 is 6.03 Å². The molecule has 2 aromatic rings. The zero-order chi connectivity index (χ0) is 22.0. The molecule has 0 spiro atoms. The molecule has 4 amide bonds. The highest BCUT2D eigenvalue weighted by Crippen LogP contribution is 2.37. The lowest BCUT2D eigenvalue weighted by molar-refractivity contribution is -0.131. The van der Waals surface area contributed by atoms with E-state index in [1.807, 2.05) is 32.9 Å². The van der Waals surface area contributed by atoms with Crippen LogP contribution in [0, 0.1) is 13.8 Å². The van der Waals surface area contributed by atoms with E-state index in [1.165, 1.54) is 4.90 Å². The van der Waals surface area contributed by atoms with Crippen molar-refractivity contribution in [2.45, 2.75) is 26.8 Å². The second-order valence-corrected chi connectivity index (χ2v) is 7.35. The van der Waals surface area contributed by atoms with Crippen molar-refractivity contribution in [1.82, 2.24) is 15.2 Å². The van der Waals surface area contributed by atoms with Crippen LogP contribution >= 0.6 is 0 Å². The van der Waals surface area contributed by atoms with Gasteiger partial charge in [0.1, 0.15) is 6.04 Å². The van der Waals surface area contributed by atoms with Gasteiger partial charge in [-0.3, -0.25) is 9.59 Å². The number of nitrogens with two attached hydrogens (primary N) is 1. The van der Waals surface area contributed by atoms with Crippen molar-refractivity contribution < 1.29 is 14.4 Å². The molecule has 0 radical (unpaired) electrons. The van der Waals surface area contributed by atoms with Crippen LogP contribution in [-0.2, 0) is 9.59 Å². The van der Waals surface area contributed by atoms with E-state index in [0.29, 0.717) is 23.4 Å². The lowest BCUT2D eigenvalue weighted by Crippen LogP contribution is -2.55. The van der Waals surface area contributed by atoms with Crippen LogP contribution in [0.5, 0.6) is 0 Å². The maximum atomic E-state index is 13.2. The summed E-state index contributed by atoms with van der Waals surface area (Å²) >= 11 is 0. The highest BCUT2D eigenvalue weighted by molar-refractivity contribution is 6.42. The molecule has 0 aliphatic carbocycles. The first-order valence-electron chi connectivity index (χ1n) is 9.85. The van der Waals surface area contributed by atoms with Crippen molar-refractivity contribution in [2.75, 3.05) is 25.0 Å². The van der Waals surface area contributed by atoms with E-state index in [4.69, 9.17) is 5.73 Å². The molecule has 4 N–H and O–H groups in total. The van der Waals surface area contributed by atoms with Gasteiger partial charge in [-0.05, 0) is 44.5 Å². The predicted molar refractivity (Wildman–Crippen MR) is 117 cm³/mol. The highest BCUT2D eigenvalue weighted by atomic mass is 16.2. The number of carbonyl (C=O) groups is 3. The quantitative estimate of drug-likeness (QED) is 0.656. The summed E-state index contributed by atoms with van der Waals surface area (Å²) in [4.78, 5) is 44.4. The minimum absolute atomic E-state index is 0.0672. The van der Waals surface area contributed by atoms with E-state index < -0.39 is 18.0 Å². The van der Waals surface area contributed by atoms with Crippen LogP contribution in [0.3, 0.4) is 0 Å². The van der Waals surface area contributed by atoms with E-state index in [1.54, 1.807) is 31.3 Å². The summed E-state index contributed by atoms with van der Waals surface area (Å²) in [6.45, 7) is 6.14. The lowest BCUT2D eigenvalue weighted by atomic mass is 10.1. The normalized spacial score (nSPS) is 15.3. The first-order chi connectivity index (χ1) is 14.3. The molecule has 8 heteroatoms. The molecule has 1 aromatic heterocycles. The number of carbonyl (C=O) groups excluding carboxylic acids is 3. The number of amides is 4. The van der Waals surface area contributed by atoms with Gasteiger partial charge in [0.05, 0.1) is 11.3 Å². The summed E-state index contributed by atoms with van der Waals surface area (Å²) in [7, 11) is 1.63. The number of hydrogen-bond donors (Lipinski definition) is 3. The Kier molecular flexibility index (Phi) is 6.07. The fraction of sp³-hybridized carbons (Fsp3) is 0.318. The molecule has 1 aromatic carbocycles. The summed E-state index contributed by atoms with van der Waals surface area (Å²) in [5.41, 5.74) is 10.0. The molecule has 158 valence electrons. The molecule has 1 atom stereocenters. The first-order valence-corrected chi connectivity index (χ1v) is 9.85. The van der Waals surface area contributed by atoms with Gasteiger partial charge in [0.2, 0.25) is 5.91 Å². The number of anilines is 1. The van der Waals surface area contributed by atoms with Crippen LogP contribution < -0.4 is 16.0 Å². The zero-order valence-corrected chi connectivity index (χ0v) is 17.7. The van der Waals surface area contributed by atoms with Gasteiger partial charge in [0.25, 0.3) is 5.91 Å². The summed E-state index contributed by atoms with van der Waals surface area (Å²) in [6.07, 6.45) is 1.76. The van der Waals surface area contributed by atoms with Crippen molar-refractivity contribution in [3.63, 3.8) is 0 Å². The number of rotatable bonds is 5. The Balaban J connectivity index is 1.94. The molecule has 1 unspecified atom stereocenters. The largest absolute Gasteiger partial charge is 0.359 e.